The van der Waals surface area contributed by atoms with Gasteiger partial charge in [-0.15, -0.1) is 0 Å². The first-order chi connectivity index (χ1) is 10.8. The van der Waals surface area contributed by atoms with Crippen LogP contribution >= 0.6 is 0 Å². The zero-order valence-corrected chi connectivity index (χ0v) is 13.2. The summed E-state index contributed by atoms with van der Waals surface area (Å²) in [6.07, 6.45) is 0.131. The first-order valence-corrected chi connectivity index (χ1v) is 7.88. The molecule has 1 unspecified atom stereocenters. The summed E-state index contributed by atoms with van der Waals surface area (Å²) in [6, 6.07) is 19.3. The molecule has 0 radical (unpaired) electrons. The molecule has 2 nitrogen and oxygen atoms in total. The fourth-order valence-electron chi connectivity index (χ4n) is 2.92. The van der Waals surface area contributed by atoms with Gasteiger partial charge in [-0.1, -0.05) is 48.5 Å². The lowest BCUT2D eigenvalue weighted by atomic mass is 9.97. The third-order valence-corrected chi connectivity index (χ3v) is 3.93. The zero-order chi connectivity index (χ0) is 15.4. The topological polar surface area (TPSA) is 18.5 Å². The highest BCUT2D eigenvalue weighted by atomic mass is 16.5. The highest BCUT2D eigenvalue weighted by Gasteiger charge is 2.08. The van der Waals surface area contributed by atoms with Gasteiger partial charge in [0, 0.05) is 6.61 Å². The maximum Gasteiger partial charge on any atom is 0.0780 e. The van der Waals surface area contributed by atoms with Crippen LogP contribution in [0.5, 0.6) is 0 Å². The minimum absolute atomic E-state index is 0.131. The standard InChI is InChI=1S/C20H22O2/c1-3-22-15(2)13-21-14-20-18-10-6-4-8-16(18)12-17-9-5-7-11-19(17)20/h4-12,15H,3,13-14H2,1-2H3. The second-order valence-electron chi connectivity index (χ2n) is 5.58. The lowest BCUT2D eigenvalue weighted by molar-refractivity contribution is -0.00662. The Hall–Kier alpha value is -1.90. The van der Waals surface area contributed by atoms with Crippen LogP contribution < -0.4 is 0 Å². The van der Waals surface area contributed by atoms with Gasteiger partial charge in [0.2, 0.25) is 0 Å². The van der Waals surface area contributed by atoms with Crippen LogP contribution in [-0.4, -0.2) is 19.3 Å². The van der Waals surface area contributed by atoms with E-state index >= 15 is 0 Å². The van der Waals surface area contributed by atoms with Crippen LogP contribution in [0.15, 0.2) is 54.6 Å². The Morgan fingerprint density at radius 3 is 2.09 bits per heavy atom. The molecule has 114 valence electrons. The second-order valence-corrected chi connectivity index (χ2v) is 5.58. The van der Waals surface area contributed by atoms with Crippen LogP contribution in [0.25, 0.3) is 21.5 Å². The minimum Gasteiger partial charge on any atom is -0.376 e. The number of ether oxygens (including phenoxy) is 2. The highest BCUT2D eigenvalue weighted by Crippen LogP contribution is 2.29. The highest BCUT2D eigenvalue weighted by molar-refractivity contribution is 6.02. The molecule has 0 spiro atoms. The molecule has 1 atom stereocenters. The molecule has 0 N–H and O–H groups in total. The van der Waals surface area contributed by atoms with E-state index < -0.39 is 0 Å². The summed E-state index contributed by atoms with van der Waals surface area (Å²) in [4.78, 5) is 0. The third-order valence-electron chi connectivity index (χ3n) is 3.93. The van der Waals surface area contributed by atoms with E-state index in [1.54, 1.807) is 0 Å². The van der Waals surface area contributed by atoms with Gasteiger partial charge in [0.05, 0.1) is 19.3 Å². The minimum atomic E-state index is 0.131. The molecule has 0 saturated carbocycles. The molecular weight excluding hydrogens is 272 g/mol. The quantitative estimate of drug-likeness (QED) is 0.600. The average molecular weight is 294 g/mol. The van der Waals surface area contributed by atoms with Crippen molar-refractivity contribution in [3.63, 3.8) is 0 Å². The summed E-state index contributed by atoms with van der Waals surface area (Å²) in [5.41, 5.74) is 1.26. The van der Waals surface area contributed by atoms with Gasteiger partial charge < -0.3 is 9.47 Å². The van der Waals surface area contributed by atoms with Crippen LogP contribution in [0.3, 0.4) is 0 Å². The van der Waals surface area contributed by atoms with Crippen LogP contribution in [0.1, 0.15) is 19.4 Å². The van der Waals surface area contributed by atoms with Crippen LogP contribution in [0, 0.1) is 0 Å². The van der Waals surface area contributed by atoms with Crippen LogP contribution in [-0.2, 0) is 16.1 Å². The summed E-state index contributed by atoms with van der Waals surface area (Å²) in [5, 5.41) is 5.06. The molecule has 0 amide bonds. The molecule has 0 aliphatic carbocycles. The van der Waals surface area contributed by atoms with Crippen molar-refractivity contribution < 1.29 is 9.47 Å². The van der Waals surface area contributed by atoms with Crippen LogP contribution in [0.2, 0.25) is 0 Å². The van der Waals surface area contributed by atoms with Crippen molar-refractivity contribution in [3.05, 3.63) is 60.2 Å². The van der Waals surface area contributed by atoms with E-state index in [0.717, 1.165) is 6.61 Å². The Balaban J connectivity index is 1.94. The number of rotatable bonds is 6. The SMILES string of the molecule is CCOC(C)COCc1c2ccccc2cc2ccccc12. The molecule has 0 bridgehead atoms. The van der Waals surface area contributed by atoms with E-state index in [4.69, 9.17) is 9.47 Å². The molecule has 3 aromatic carbocycles. The molecule has 3 aromatic rings. The molecule has 0 heterocycles. The van der Waals surface area contributed by atoms with Crippen LogP contribution in [0.4, 0.5) is 0 Å². The summed E-state index contributed by atoms with van der Waals surface area (Å²) < 4.78 is 11.5. The van der Waals surface area contributed by atoms with Gasteiger partial charge in [0.1, 0.15) is 0 Å². The van der Waals surface area contributed by atoms with Crippen molar-refractivity contribution in [1.82, 2.24) is 0 Å². The zero-order valence-electron chi connectivity index (χ0n) is 13.2. The summed E-state index contributed by atoms with van der Waals surface area (Å²) in [7, 11) is 0. The lowest BCUT2D eigenvalue weighted by Gasteiger charge is -2.15. The Kier molecular flexibility index (Phi) is 4.71. The summed E-state index contributed by atoms with van der Waals surface area (Å²) >= 11 is 0. The predicted octanol–water partition coefficient (Wildman–Crippen LogP) is 4.93. The van der Waals surface area contributed by atoms with Gasteiger partial charge in [-0.2, -0.15) is 0 Å². The molecular formula is C20H22O2. The van der Waals surface area contributed by atoms with Gasteiger partial charge in [0.15, 0.2) is 0 Å². The van der Waals surface area contributed by atoms with Crippen molar-refractivity contribution in [2.45, 2.75) is 26.6 Å². The number of fused-ring (bicyclic) bond motifs is 2. The maximum atomic E-state index is 5.93. The Labute approximate surface area is 131 Å². The van der Waals surface area contributed by atoms with E-state index in [1.807, 2.05) is 13.8 Å². The lowest BCUT2D eigenvalue weighted by Crippen LogP contribution is -2.15. The summed E-state index contributed by atoms with van der Waals surface area (Å²) in [5.74, 6) is 0. The number of hydrogen-bond acceptors (Lipinski definition) is 2. The Morgan fingerprint density at radius 1 is 0.909 bits per heavy atom. The van der Waals surface area contributed by atoms with E-state index in [2.05, 4.69) is 54.6 Å². The van der Waals surface area contributed by atoms with E-state index in [0.29, 0.717) is 13.2 Å². The van der Waals surface area contributed by atoms with Gasteiger partial charge in [-0.05, 0) is 47.0 Å². The smallest absolute Gasteiger partial charge is 0.0780 e. The van der Waals surface area contributed by atoms with Crippen molar-refractivity contribution in [2.24, 2.45) is 0 Å². The molecule has 0 saturated heterocycles. The molecule has 2 heteroatoms. The largest absolute Gasteiger partial charge is 0.376 e. The van der Waals surface area contributed by atoms with E-state index in [-0.39, 0.29) is 6.10 Å². The van der Waals surface area contributed by atoms with Gasteiger partial charge in [-0.3, -0.25) is 0 Å². The fourth-order valence-corrected chi connectivity index (χ4v) is 2.92. The number of hydrogen-bond donors (Lipinski definition) is 0. The second kappa shape index (κ2) is 6.91. The van der Waals surface area contributed by atoms with Crippen molar-refractivity contribution in [2.75, 3.05) is 13.2 Å². The normalized spacial score (nSPS) is 12.8. The summed E-state index contributed by atoms with van der Waals surface area (Å²) in [6.45, 7) is 6.01. The monoisotopic (exact) mass is 294 g/mol. The number of benzene rings is 3. The van der Waals surface area contributed by atoms with E-state index in [9.17, 15) is 0 Å². The Morgan fingerprint density at radius 2 is 1.50 bits per heavy atom. The first-order valence-electron chi connectivity index (χ1n) is 7.88. The molecule has 22 heavy (non-hydrogen) atoms. The van der Waals surface area contributed by atoms with Crippen molar-refractivity contribution in [1.29, 1.82) is 0 Å². The molecule has 0 aliphatic heterocycles. The van der Waals surface area contributed by atoms with Crippen molar-refractivity contribution >= 4 is 21.5 Å². The third kappa shape index (κ3) is 3.13. The van der Waals surface area contributed by atoms with E-state index in [1.165, 1.54) is 27.1 Å². The first kappa shape index (κ1) is 15.0. The molecule has 0 aliphatic rings. The average Bonchev–Trinajstić information content (AvgIpc) is 2.54. The Bertz CT molecular complexity index is 710. The fraction of sp³-hybridized carbons (Fsp3) is 0.300. The van der Waals surface area contributed by atoms with Crippen molar-refractivity contribution in [3.8, 4) is 0 Å². The van der Waals surface area contributed by atoms with Gasteiger partial charge >= 0.3 is 0 Å². The maximum absolute atomic E-state index is 5.93. The molecule has 3 rings (SSSR count). The van der Waals surface area contributed by atoms with Gasteiger partial charge in [0.25, 0.3) is 0 Å². The van der Waals surface area contributed by atoms with Gasteiger partial charge in [-0.25, -0.2) is 0 Å². The molecule has 0 aromatic heterocycles. The predicted molar refractivity (Wildman–Crippen MR) is 92.2 cm³/mol. The molecule has 0 fully saturated rings.